The van der Waals surface area contributed by atoms with Crippen LogP contribution in [-0.2, 0) is 24.4 Å². The van der Waals surface area contributed by atoms with E-state index in [1.165, 1.54) is 11.1 Å². The Bertz CT molecular complexity index is 829. The Morgan fingerprint density at radius 3 is 2.44 bits per heavy atom. The first-order chi connectivity index (χ1) is 15.7. The summed E-state index contributed by atoms with van der Waals surface area (Å²) in [6.45, 7) is 15.1. The Morgan fingerprint density at radius 1 is 1.03 bits per heavy atom. The van der Waals surface area contributed by atoms with Gasteiger partial charge >= 0.3 is 0 Å². The summed E-state index contributed by atoms with van der Waals surface area (Å²) in [7, 11) is 0. The summed E-state index contributed by atoms with van der Waals surface area (Å²) in [6.07, 6.45) is 1.93. The number of aliphatic imine (C=N–C) groups is 1. The molecule has 0 amide bonds. The predicted octanol–water partition coefficient (Wildman–Crippen LogP) is 3.02. The third-order valence-electron chi connectivity index (χ3n) is 5.72. The van der Waals surface area contributed by atoms with Crippen LogP contribution < -0.4 is 15.5 Å². The summed E-state index contributed by atoms with van der Waals surface area (Å²) < 4.78 is 5.48. The van der Waals surface area contributed by atoms with Crippen molar-refractivity contribution in [2.24, 2.45) is 4.99 Å². The monoisotopic (exact) mass is 438 g/mol. The van der Waals surface area contributed by atoms with Gasteiger partial charge in [0.2, 0.25) is 0 Å². The quantitative estimate of drug-likeness (QED) is 0.439. The largest absolute Gasteiger partial charge is 0.379 e. The third kappa shape index (κ3) is 7.21. The van der Waals surface area contributed by atoms with Gasteiger partial charge in [0, 0.05) is 52.0 Å². The maximum atomic E-state index is 5.48. The van der Waals surface area contributed by atoms with E-state index in [0.717, 1.165) is 76.4 Å². The van der Waals surface area contributed by atoms with Crippen LogP contribution in [0.1, 0.15) is 37.5 Å². The van der Waals surface area contributed by atoms with Gasteiger partial charge in [0.1, 0.15) is 5.82 Å². The number of rotatable bonds is 10. The second kappa shape index (κ2) is 13.0. The first-order valence-corrected chi connectivity index (χ1v) is 11.8. The Balaban J connectivity index is 1.60. The lowest BCUT2D eigenvalue weighted by Gasteiger charge is -2.27. The molecule has 0 unspecified atom stereocenters. The van der Waals surface area contributed by atoms with Crippen LogP contribution in [0.25, 0.3) is 0 Å². The number of aromatic nitrogens is 1. The molecule has 0 bridgehead atoms. The van der Waals surface area contributed by atoms with E-state index in [1.807, 2.05) is 6.20 Å². The molecular weight excluding hydrogens is 400 g/mol. The van der Waals surface area contributed by atoms with Crippen molar-refractivity contribution in [1.82, 2.24) is 20.5 Å². The molecule has 0 spiro atoms. The fraction of sp³-hybridized carbons (Fsp3) is 0.520. The molecule has 2 heterocycles. The molecule has 1 aromatic heterocycles. The Morgan fingerprint density at radius 2 is 1.78 bits per heavy atom. The topological polar surface area (TPSA) is 65.0 Å². The van der Waals surface area contributed by atoms with Crippen molar-refractivity contribution < 1.29 is 4.74 Å². The summed E-state index contributed by atoms with van der Waals surface area (Å²) >= 11 is 0. The van der Waals surface area contributed by atoms with Crippen LogP contribution in [0.4, 0.5) is 5.82 Å². The molecule has 0 atom stereocenters. The lowest BCUT2D eigenvalue weighted by molar-refractivity contribution is 0.0341. The number of pyridine rings is 1. The van der Waals surface area contributed by atoms with Crippen molar-refractivity contribution in [2.75, 3.05) is 50.8 Å². The van der Waals surface area contributed by atoms with Crippen LogP contribution in [0.3, 0.4) is 0 Å². The van der Waals surface area contributed by atoms with Crippen LogP contribution in [0.5, 0.6) is 0 Å². The molecule has 1 saturated heterocycles. The number of benzene rings is 1. The fourth-order valence-corrected chi connectivity index (χ4v) is 3.82. The zero-order valence-corrected chi connectivity index (χ0v) is 19.8. The molecular formula is C25H38N6O. The number of guanidine groups is 1. The van der Waals surface area contributed by atoms with E-state index in [2.05, 4.69) is 82.6 Å². The molecule has 7 nitrogen and oxygen atoms in total. The second-order valence-corrected chi connectivity index (χ2v) is 7.90. The summed E-state index contributed by atoms with van der Waals surface area (Å²) in [4.78, 5) is 14.1. The Kier molecular flexibility index (Phi) is 9.78. The van der Waals surface area contributed by atoms with Gasteiger partial charge in [0.25, 0.3) is 0 Å². The fourth-order valence-electron chi connectivity index (χ4n) is 3.82. The van der Waals surface area contributed by atoms with Crippen molar-refractivity contribution in [3.8, 4) is 0 Å². The Hall–Kier alpha value is -2.64. The average molecular weight is 439 g/mol. The van der Waals surface area contributed by atoms with E-state index in [1.54, 1.807) is 0 Å². The number of ether oxygens (including phenoxy) is 1. The van der Waals surface area contributed by atoms with Crippen LogP contribution in [-0.4, -0.2) is 61.8 Å². The highest BCUT2D eigenvalue weighted by atomic mass is 16.5. The number of anilines is 1. The van der Waals surface area contributed by atoms with Crippen molar-refractivity contribution in [2.45, 2.75) is 40.4 Å². The number of nitrogens with one attached hydrogen (secondary N) is 2. The van der Waals surface area contributed by atoms with Crippen LogP contribution in [0.15, 0.2) is 47.6 Å². The van der Waals surface area contributed by atoms with E-state index in [9.17, 15) is 0 Å². The molecule has 1 aliphatic heterocycles. The van der Waals surface area contributed by atoms with E-state index in [0.29, 0.717) is 6.54 Å². The van der Waals surface area contributed by atoms with Gasteiger partial charge in [0.15, 0.2) is 5.96 Å². The molecule has 2 N–H and O–H groups in total. The maximum absolute atomic E-state index is 5.48. The van der Waals surface area contributed by atoms with Crippen molar-refractivity contribution in [3.63, 3.8) is 0 Å². The number of hydrogen-bond acceptors (Lipinski definition) is 5. The highest BCUT2D eigenvalue weighted by molar-refractivity contribution is 5.79. The summed E-state index contributed by atoms with van der Waals surface area (Å²) in [5.74, 6) is 1.84. The minimum Gasteiger partial charge on any atom is -0.379 e. The molecule has 7 heteroatoms. The van der Waals surface area contributed by atoms with E-state index in [-0.39, 0.29) is 0 Å². The lowest BCUT2D eigenvalue weighted by atomic mass is 10.1. The summed E-state index contributed by atoms with van der Waals surface area (Å²) in [5, 5.41) is 6.85. The third-order valence-corrected chi connectivity index (χ3v) is 5.72. The first kappa shape index (κ1) is 24.0. The van der Waals surface area contributed by atoms with Gasteiger partial charge in [-0.25, -0.2) is 9.98 Å². The average Bonchev–Trinajstić information content (AvgIpc) is 2.84. The number of hydrogen-bond donors (Lipinski definition) is 2. The number of nitrogens with zero attached hydrogens (tertiary/aromatic N) is 4. The highest BCUT2D eigenvalue weighted by Gasteiger charge is 2.13. The minimum atomic E-state index is 0.594. The zero-order valence-electron chi connectivity index (χ0n) is 19.8. The molecule has 1 aromatic carbocycles. The van der Waals surface area contributed by atoms with E-state index >= 15 is 0 Å². The van der Waals surface area contributed by atoms with Gasteiger partial charge < -0.3 is 20.3 Å². The molecule has 0 aliphatic carbocycles. The molecule has 0 saturated carbocycles. The maximum Gasteiger partial charge on any atom is 0.191 e. The van der Waals surface area contributed by atoms with Gasteiger partial charge in [-0.05, 0) is 43.5 Å². The Labute approximate surface area is 192 Å². The second-order valence-electron chi connectivity index (χ2n) is 7.90. The molecule has 1 aliphatic rings. The van der Waals surface area contributed by atoms with Gasteiger partial charge in [-0.15, -0.1) is 0 Å². The van der Waals surface area contributed by atoms with Crippen LogP contribution in [0, 0.1) is 0 Å². The number of morpholine rings is 1. The normalized spacial score (nSPS) is 14.9. The van der Waals surface area contributed by atoms with Gasteiger partial charge in [-0.1, -0.05) is 30.3 Å². The smallest absolute Gasteiger partial charge is 0.191 e. The first-order valence-electron chi connectivity index (χ1n) is 11.8. The lowest BCUT2D eigenvalue weighted by Crippen LogP contribution is -2.38. The van der Waals surface area contributed by atoms with Crippen molar-refractivity contribution in [1.29, 1.82) is 0 Å². The van der Waals surface area contributed by atoms with Gasteiger partial charge in [-0.3, -0.25) is 4.90 Å². The minimum absolute atomic E-state index is 0.594. The van der Waals surface area contributed by atoms with Crippen molar-refractivity contribution in [3.05, 3.63) is 59.3 Å². The molecule has 1 fully saturated rings. The van der Waals surface area contributed by atoms with Crippen LogP contribution in [0.2, 0.25) is 0 Å². The highest BCUT2D eigenvalue weighted by Crippen LogP contribution is 2.14. The zero-order chi connectivity index (χ0) is 22.6. The van der Waals surface area contributed by atoms with Gasteiger partial charge in [0.05, 0.1) is 19.8 Å². The SMILES string of the molecule is CCNC(=NCc1ccc(N(CC)CC)nc1)NCc1ccccc1CN1CCOCC1. The summed E-state index contributed by atoms with van der Waals surface area (Å²) in [6, 6.07) is 12.8. The van der Waals surface area contributed by atoms with E-state index in [4.69, 9.17) is 9.73 Å². The summed E-state index contributed by atoms with van der Waals surface area (Å²) in [5.41, 5.74) is 3.76. The standard InChI is InChI=1S/C25H38N6O/c1-4-26-25(28-18-21-11-12-24(27-17-21)31(5-2)6-3)29-19-22-9-7-8-10-23(22)20-30-13-15-32-16-14-30/h7-12,17H,4-6,13-16,18-20H2,1-3H3,(H2,26,28,29). The predicted molar refractivity (Wildman–Crippen MR) is 132 cm³/mol. The van der Waals surface area contributed by atoms with Crippen molar-refractivity contribution >= 4 is 11.8 Å². The van der Waals surface area contributed by atoms with E-state index < -0.39 is 0 Å². The molecule has 32 heavy (non-hydrogen) atoms. The van der Waals surface area contributed by atoms with Crippen LogP contribution >= 0.6 is 0 Å². The molecule has 174 valence electrons. The molecule has 0 radical (unpaired) electrons. The van der Waals surface area contributed by atoms with Gasteiger partial charge in [-0.2, -0.15) is 0 Å². The molecule has 2 aromatic rings. The molecule has 3 rings (SSSR count).